The fourth-order valence-corrected chi connectivity index (χ4v) is 4.57. The minimum atomic E-state index is 0.422. The maximum absolute atomic E-state index is 5.89. The van der Waals surface area contributed by atoms with Crippen molar-refractivity contribution in [1.82, 2.24) is 9.97 Å². The molecule has 154 valence electrons. The fraction of sp³-hybridized carbons (Fsp3) is 0.0714. The molecule has 4 aromatic carbocycles. The van der Waals surface area contributed by atoms with Crippen LogP contribution in [-0.2, 0) is 13.1 Å². The van der Waals surface area contributed by atoms with Crippen LogP contribution in [0.5, 0.6) is 0 Å². The van der Waals surface area contributed by atoms with Crippen molar-refractivity contribution in [3.8, 4) is 11.1 Å². The summed E-state index contributed by atoms with van der Waals surface area (Å²) in [5.41, 5.74) is 17.8. The van der Waals surface area contributed by atoms with Crippen LogP contribution in [0.15, 0.2) is 84.9 Å². The fourth-order valence-electron chi connectivity index (χ4n) is 4.57. The molecule has 0 aliphatic carbocycles. The molecule has 2 aromatic heterocycles. The molecule has 0 radical (unpaired) electrons. The number of nitrogens with two attached hydrogens (primary N) is 2. The third-order valence-corrected chi connectivity index (χ3v) is 6.22. The van der Waals surface area contributed by atoms with Crippen LogP contribution in [0.2, 0.25) is 0 Å². The first-order chi connectivity index (χ1) is 15.7. The molecule has 0 unspecified atom stereocenters. The quantitative estimate of drug-likeness (QED) is 0.366. The van der Waals surface area contributed by atoms with E-state index in [1.807, 2.05) is 12.1 Å². The lowest BCUT2D eigenvalue weighted by molar-refractivity contribution is 1.01. The molecule has 2 heterocycles. The largest absolute Gasteiger partial charge is 0.325 e. The zero-order chi connectivity index (χ0) is 21.7. The van der Waals surface area contributed by atoms with Crippen molar-refractivity contribution in [3.63, 3.8) is 0 Å². The maximum Gasteiger partial charge on any atom is 0.0790 e. The van der Waals surface area contributed by atoms with Gasteiger partial charge in [-0.1, -0.05) is 60.7 Å². The van der Waals surface area contributed by atoms with Crippen LogP contribution in [0, 0.1) is 0 Å². The average Bonchev–Trinajstić information content (AvgIpc) is 2.87. The number of hydrogen-bond acceptors (Lipinski definition) is 4. The van der Waals surface area contributed by atoms with Crippen LogP contribution in [0.1, 0.15) is 11.4 Å². The first-order valence-electron chi connectivity index (χ1n) is 10.8. The van der Waals surface area contributed by atoms with Gasteiger partial charge in [-0.3, -0.25) is 9.97 Å². The lowest BCUT2D eigenvalue weighted by Crippen LogP contribution is -2.00. The number of rotatable bonds is 3. The molecule has 4 heteroatoms. The van der Waals surface area contributed by atoms with E-state index in [0.717, 1.165) is 60.5 Å². The van der Waals surface area contributed by atoms with Crippen molar-refractivity contribution >= 4 is 43.4 Å². The standard InChI is InChI=1S/C28H22N4/c29-15-21-10-9-18-7-5-17-6-8-20(14-26(17)27(18)31-21)25-13-19-3-1-2-4-23(19)28-24(25)12-11-22(16-30)32-28/h1-14H,15-16,29-30H2. The zero-order valence-corrected chi connectivity index (χ0v) is 17.5. The van der Waals surface area contributed by atoms with Gasteiger partial charge in [0.1, 0.15) is 0 Å². The minimum absolute atomic E-state index is 0.422. The molecule has 0 amide bonds. The molecule has 4 nitrogen and oxygen atoms in total. The molecular weight excluding hydrogens is 392 g/mol. The summed E-state index contributed by atoms with van der Waals surface area (Å²) in [6.45, 7) is 0.849. The Labute approximate surface area is 185 Å². The Morgan fingerprint density at radius 2 is 1.22 bits per heavy atom. The minimum Gasteiger partial charge on any atom is -0.325 e. The predicted molar refractivity (Wildman–Crippen MR) is 133 cm³/mol. The summed E-state index contributed by atoms with van der Waals surface area (Å²) in [5, 5.41) is 6.83. The molecule has 0 saturated heterocycles. The Kier molecular flexibility index (Phi) is 4.35. The number of fused-ring (bicyclic) bond motifs is 6. The Balaban J connectivity index is 1.69. The van der Waals surface area contributed by atoms with Gasteiger partial charge in [0.2, 0.25) is 0 Å². The lowest BCUT2D eigenvalue weighted by atomic mass is 9.93. The van der Waals surface area contributed by atoms with Gasteiger partial charge in [0.15, 0.2) is 0 Å². The van der Waals surface area contributed by atoms with E-state index >= 15 is 0 Å². The molecule has 4 N–H and O–H groups in total. The Morgan fingerprint density at radius 1 is 0.531 bits per heavy atom. The summed E-state index contributed by atoms with van der Waals surface area (Å²) in [6, 6.07) is 29.8. The van der Waals surface area contributed by atoms with E-state index in [1.54, 1.807) is 0 Å². The van der Waals surface area contributed by atoms with Crippen molar-refractivity contribution in [2.24, 2.45) is 11.5 Å². The highest BCUT2D eigenvalue weighted by molar-refractivity contribution is 6.13. The van der Waals surface area contributed by atoms with E-state index < -0.39 is 0 Å². The second-order valence-corrected chi connectivity index (χ2v) is 8.13. The maximum atomic E-state index is 5.89. The van der Waals surface area contributed by atoms with Gasteiger partial charge in [-0.05, 0) is 46.2 Å². The molecule has 0 saturated carbocycles. The van der Waals surface area contributed by atoms with Crippen molar-refractivity contribution in [3.05, 3.63) is 96.3 Å². The van der Waals surface area contributed by atoms with Gasteiger partial charge in [-0.15, -0.1) is 0 Å². The van der Waals surface area contributed by atoms with Crippen LogP contribution < -0.4 is 11.5 Å². The number of pyridine rings is 2. The van der Waals surface area contributed by atoms with Crippen LogP contribution in [0.4, 0.5) is 0 Å². The molecule has 6 aromatic rings. The van der Waals surface area contributed by atoms with Crippen LogP contribution in [-0.4, -0.2) is 9.97 Å². The number of aromatic nitrogens is 2. The Bertz CT molecular complexity index is 1650. The number of hydrogen-bond donors (Lipinski definition) is 2. The first-order valence-corrected chi connectivity index (χ1v) is 10.8. The number of nitrogens with zero attached hydrogens (tertiary/aromatic N) is 2. The summed E-state index contributed by atoms with van der Waals surface area (Å²) in [4.78, 5) is 9.73. The van der Waals surface area contributed by atoms with E-state index in [-0.39, 0.29) is 0 Å². The number of benzene rings is 4. The molecule has 0 aliphatic heterocycles. The van der Waals surface area contributed by atoms with Crippen molar-refractivity contribution in [2.45, 2.75) is 13.1 Å². The van der Waals surface area contributed by atoms with E-state index in [0.29, 0.717) is 13.1 Å². The smallest absolute Gasteiger partial charge is 0.0790 e. The normalized spacial score (nSPS) is 11.7. The molecule has 0 spiro atoms. The molecule has 0 aliphatic rings. The average molecular weight is 415 g/mol. The molecule has 0 fully saturated rings. The second-order valence-electron chi connectivity index (χ2n) is 8.13. The van der Waals surface area contributed by atoms with Gasteiger partial charge in [-0.25, -0.2) is 0 Å². The lowest BCUT2D eigenvalue weighted by Gasteiger charge is -2.13. The monoisotopic (exact) mass is 414 g/mol. The summed E-state index contributed by atoms with van der Waals surface area (Å²) in [5.74, 6) is 0. The van der Waals surface area contributed by atoms with E-state index in [2.05, 4.69) is 72.8 Å². The SMILES string of the molecule is NCc1ccc2ccc3ccc(-c4cc5ccccc5c5nc(CN)ccc45)cc3c2n1. The molecule has 6 rings (SSSR count). The predicted octanol–water partition coefficient (Wildman–Crippen LogP) is 5.67. The van der Waals surface area contributed by atoms with E-state index in [1.165, 1.54) is 5.39 Å². The van der Waals surface area contributed by atoms with Crippen LogP contribution in [0.25, 0.3) is 54.5 Å². The Hall–Kier alpha value is -3.86. The summed E-state index contributed by atoms with van der Waals surface area (Å²) in [6.07, 6.45) is 0. The van der Waals surface area contributed by atoms with Gasteiger partial charge >= 0.3 is 0 Å². The van der Waals surface area contributed by atoms with Gasteiger partial charge in [0, 0.05) is 34.6 Å². The van der Waals surface area contributed by atoms with Crippen molar-refractivity contribution in [1.29, 1.82) is 0 Å². The third kappa shape index (κ3) is 2.93. The van der Waals surface area contributed by atoms with Gasteiger partial charge in [-0.2, -0.15) is 0 Å². The first kappa shape index (κ1) is 18.9. The zero-order valence-electron chi connectivity index (χ0n) is 17.5. The topological polar surface area (TPSA) is 77.8 Å². The summed E-state index contributed by atoms with van der Waals surface area (Å²) >= 11 is 0. The van der Waals surface area contributed by atoms with Crippen LogP contribution >= 0.6 is 0 Å². The van der Waals surface area contributed by atoms with Crippen molar-refractivity contribution < 1.29 is 0 Å². The van der Waals surface area contributed by atoms with Crippen molar-refractivity contribution in [2.75, 3.05) is 0 Å². The molecule has 0 bridgehead atoms. The second kappa shape index (κ2) is 7.38. The Morgan fingerprint density at radius 3 is 2.06 bits per heavy atom. The van der Waals surface area contributed by atoms with E-state index in [9.17, 15) is 0 Å². The summed E-state index contributed by atoms with van der Waals surface area (Å²) < 4.78 is 0. The highest BCUT2D eigenvalue weighted by Gasteiger charge is 2.12. The van der Waals surface area contributed by atoms with E-state index in [4.69, 9.17) is 21.4 Å². The van der Waals surface area contributed by atoms with Gasteiger partial charge in [0.05, 0.1) is 22.4 Å². The van der Waals surface area contributed by atoms with Crippen LogP contribution in [0.3, 0.4) is 0 Å². The van der Waals surface area contributed by atoms with Gasteiger partial charge < -0.3 is 11.5 Å². The highest BCUT2D eigenvalue weighted by Crippen LogP contribution is 2.36. The van der Waals surface area contributed by atoms with Gasteiger partial charge in [0.25, 0.3) is 0 Å². The summed E-state index contributed by atoms with van der Waals surface area (Å²) in [7, 11) is 0. The third-order valence-electron chi connectivity index (χ3n) is 6.22. The molecule has 0 atom stereocenters. The molecule has 32 heavy (non-hydrogen) atoms. The highest BCUT2D eigenvalue weighted by atomic mass is 14.7. The molecular formula is C28H22N4.